The Morgan fingerprint density at radius 2 is 1.85 bits per heavy atom. The molecule has 170 valence electrons. The van der Waals surface area contributed by atoms with Gasteiger partial charge in [0.2, 0.25) is 11.8 Å². The number of amides is 2. The first kappa shape index (κ1) is 21.3. The maximum absolute atomic E-state index is 13.3. The van der Waals surface area contributed by atoms with Gasteiger partial charge in [-0.3, -0.25) is 14.5 Å². The Morgan fingerprint density at radius 3 is 2.64 bits per heavy atom. The van der Waals surface area contributed by atoms with Crippen LogP contribution >= 0.6 is 0 Å². The summed E-state index contributed by atoms with van der Waals surface area (Å²) >= 11 is 0. The number of nitrogens with zero attached hydrogens (tertiary/aromatic N) is 4. The molecule has 2 amide bonds. The van der Waals surface area contributed by atoms with Crippen molar-refractivity contribution in [3.05, 3.63) is 59.7 Å². The van der Waals surface area contributed by atoms with Gasteiger partial charge in [0.15, 0.2) is 11.9 Å². The van der Waals surface area contributed by atoms with Gasteiger partial charge in [0, 0.05) is 35.7 Å². The van der Waals surface area contributed by atoms with E-state index in [1.54, 1.807) is 29.2 Å². The first-order valence-corrected chi connectivity index (χ1v) is 10.9. The van der Waals surface area contributed by atoms with E-state index >= 15 is 0 Å². The third-order valence-corrected chi connectivity index (χ3v) is 6.06. The second-order valence-electron chi connectivity index (χ2n) is 8.11. The number of aliphatic hydroxyl groups is 1. The molecule has 0 radical (unpaired) electrons. The fraction of sp³-hybridized carbons (Fsp3) is 0.333. The Balaban J connectivity index is 1.43. The van der Waals surface area contributed by atoms with Gasteiger partial charge in [-0.2, -0.15) is 4.98 Å². The molecule has 1 unspecified atom stereocenters. The van der Waals surface area contributed by atoms with Gasteiger partial charge in [-0.1, -0.05) is 18.2 Å². The highest BCUT2D eigenvalue weighted by molar-refractivity contribution is 6.10. The predicted octanol–water partition coefficient (Wildman–Crippen LogP) is 2.30. The standard InChI is InChI=1S/C24H24N4O5/c1-32-20-9-7-15-6-8-19(25-22(15)26-20)28-23(31)17-4-2-3-5-18(17)24(28)33-14-21(30)27-12-10-16(29)11-13-27/h2-9,16,24,29H,10-14H2,1H3. The number of benzene rings is 1. The van der Waals surface area contributed by atoms with Crippen LogP contribution in [0.1, 0.15) is 35.0 Å². The quantitative estimate of drug-likeness (QED) is 0.639. The highest BCUT2D eigenvalue weighted by Crippen LogP contribution is 2.38. The molecule has 4 heterocycles. The average molecular weight is 448 g/mol. The number of fused-ring (bicyclic) bond motifs is 2. The van der Waals surface area contributed by atoms with Gasteiger partial charge >= 0.3 is 0 Å². The van der Waals surface area contributed by atoms with Crippen LogP contribution in [0, 0.1) is 0 Å². The summed E-state index contributed by atoms with van der Waals surface area (Å²) in [5.74, 6) is 0.381. The number of carbonyl (C=O) groups excluding carboxylic acids is 2. The van der Waals surface area contributed by atoms with Crippen LogP contribution in [0.5, 0.6) is 5.88 Å². The van der Waals surface area contributed by atoms with E-state index in [-0.39, 0.29) is 24.5 Å². The monoisotopic (exact) mass is 448 g/mol. The number of carbonyl (C=O) groups is 2. The lowest BCUT2D eigenvalue weighted by atomic mass is 10.1. The molecule has 0 spiro atoms. The molecule has 1 N–H and O–H groups in total. The largest absolute Gasteiger partial charge is 0.481 e. The number of pyridine rings is 2. The number of methoxy groups -OCH3 is 1. The minimum atomic E-state index is -0.788. The topological polar surface area (TPSA) is 105 Å². The normalized spacial score (nSPS) is 18.6. The lowest BCUT2D eigenvalue weighted by molar-refractivity contribution is -0.140. The minimum absolute atomic E-state index is 0.170. The van der Waals surface area contributed by atoms with E-state index in [2.05, 4.69) is 9.97 Å². The lowest BCUT2D eigenvalue weighted by Crippen LogP contribution is -2.42. The number of anilines is 1. The van der Waals surface area contributed by atoms with Gasteiger partial charge in [0.05, 0.1) is 13.2 Å². The van der Waals surface area contributed by atoms with Gasteiger partial charge in [0.25, 0.3) is 5.91 Å². The molecule has 0 aliphatic carbocycles. The van der Waals surface area contributed by atoms with Gasteiger partial charge in [-0.15, -0.1) is 0 Å². The molecule has 1 aromatic carbocycles. The summed E-state index contributed by atoms with van der Waals surface area (Å²) in [6, 6.07) is 14.4. The molecular formula is C24H24N4O5. The molecule has 3 aromatic rings. The number of aliphatic hydroxyl groups excluding tert-OH is 1. The highest BCUT2D eigenvalue weighted by Gasteiger charge is 2.39. The number of ether oxygens (including phenoxy) is 2. The van der Waals surface area contributed by atoms with Gasteiger partial charge in [-0.05, 0) is 37.1 Å². The van der Waals surface area contributed by atoms with Crippen LogP contribution in [0.4, 0.5) is 5.82 Å². The van der Waals surface area contributed by atoms with Crippen molar-refractivity contribution in [1.29, 1.82) is 0 Å². The number of rotatable bonds is 5. The maximum atomic E-state index is 13.3. The first-order chi connectivity index (χ1) is 16.0. The molecule has 33 heavy (non-hydrogen) atoms. The molecule has 9 heteroatoms. The second-order valence-corrected chi connectivity index (χ2v) is 8.11. The summed E-state index contributed by atoms with van der Waals surface area (Å²) in [6.45, 7) is 0.804. The van der Waals surface area contributed by atoms with Crippen LogP contribution in [0.25, 0.3) is 11.0 Å². The second kappa shape index (κ2) is 8.76. The highest BCUT2D eigenvalue weighted by atomic mass is 16.5. The minimum Gasteiger partial charge on any atom is -0.481 e. The van der Waals surface area contributed by atoms with E-state index in [9.17, 15) is 14.7 Å². The van der Waals surface area contributed by atoms with Crippen molar-refractivity contribution in [2.45, 2.75) is 25.2 Å². The molecule has 0 saturated carbocycles. The summed E-state index contributed by atoms with van der Waals surface area (Å²) in [6.07, 6.45) is -0.0419. The maximum Gasteiger partial charge on any atom is 0.262 e. The zero-order valence-electron chi connectivity index (χ0n) is 18.2. The summed E-state index contributed by atoms with van der Waals surface area (Å²) in [5, 5.41) is 10.5. The Kier molecular flexibility index (Phi) is 5.65. The molecule has 1 fully saturated rings. The van der Waals surface area contributed by atoms with Crippen molar-refractivity contribution in [2.75, 3.05) is 31.7 Å². The van der Waals surface area contributed by atoms with Crippen molar-refractivity contribution in [3.8, 4) is 5.88 Å². The zero-order chi connectivity index (χ0) is 22.9. The Morgan fingerprint density at radius 1 is 1.09 bits per heavy atom. The van der Waals surface area contributed by atoms with Crippen LogP contribution in [0.2, 0.25) is 0 Å². The molecule has 1 atom stereocenters. The van der Waals surface area contributed by atoms with E-state index < -0.39 is 6.23 Å². The number of piperidine rings is 1. The number of hydrogen-bond acceptors (Lipinski definition) is 7. The Labute approximate surface area is 190 Å². The summed E-state index contributed by atoms with van der Waals surface area (Å²) in [5.41, 5.74) is 1.64. The molecule has 9 nitrogen and oxygen atoms in total. The predicted molar refractivity (Wildman–Crippen MR) is 120 cm³/mol. The molecule has 2 aliphatic rings. The first-order valence-electron chi connectivity index (χ1n) is 10.9. The summed E-state index contributed by atoms with van der Waals surface area (Å²) in [7, 11) is 1.53. The zero-order valence-corrected chi connectivity index (χ0v) is 18.2. The fourth-order valence-electron chi connectivity index (χ4n) is 4.25. The van der Waals surface area contributed by atoms with E-state index in [4.69, 9.17) is 9.47 Å². The van der Waals surface area contributed by atoms with Crippen molar-refractivity contribution in [2.24, 2.45) is 0 Å². The molecule has 1 saturated heterocycles. The lowest BCUT2D eigenvalue weighted by Gasteiger charge is -2.30. The third-order valence-electron chi connectivity index (χ3n) is 6.06. The van der Waals surface area contributed by atoms with Crippen LogP contribution in [-0.2, 0) is 9.53 Å². The molecule has 0 bridgehead atoms. The van der Waals surface area contributed by atoms with E-state index in [0.717, 1.165) is 5.39 Å². The van der Waals surface area contributed by atoms with Crippen molar-refractivity contribution < 1.29 is 24.2 Å². The van der Waals surface area contributed by atoms with Gasteiger partial charge in [0.1, 0.15) is 12.4 Å². The summed E-state index contributed by atoms with van der Waals surface area (Å²) < 4.78 is 11.2. The smallest absolute Gasteiger partial charge is 0.262 e. The van der Waals surface area contributed by atoms with Crippen LogP contribution in [0.15, 0.2) is 48.5 Å². The van der Waals surface area contributed by atoms with E-state index in [1.807, 2.05) is 24.3 Å². The average Bonchev–Trinajstić information content (AvgIpc) is 3.13. The summed E-state index contributed by atoms with van der Waals surface area (Å²) in [4.78, 5) is 38.1. The molecule has 2 aromatic heterocycles. The Bertz CT molecular complexity index is 1210. The van der Waals surface area contributed by atoms with Gasteiger partial charge < -0.3 is 19.5 Å². The third kappa shape index (κ3) is 4.01. The number of aromatic nitrogens is 2. The van der Waals surface area contributed by atoms with Crippen LogP contribution in [-0.4, -0.2) is 64.7 Å². The number of hydrogen-bond donors (Lipinski definition) is 1. The Hall–Kier alpha value is -3.56. The number of likely N-dealkylation sites (tertiary alicyclic amines) is 1. The van der Waals surface area contributed by atoms with Crippen LogP contribution < -0.4 is 9.64 Å². The molecule has 5 rings (SSSR count). The van der Waals surface area contributed by atoms with Crippen molar-refractivity contribution >= 4 is 28.7 Å². The van der Waals surface area contributed by atoms with E-state index in [0.29, 0.717) is 54.4 Å². The van der Waals surface area contributed by atoms with Gasteiger partial charge in [-0.25, -0.2) is 4.98 Å². The molecule has 2 aliphatic heterocycles. The fourth-order valence-corrected chi connectivity index (χ4v) is 4.25. The van der Waals surface area contributed by atoms with Crippen molar-refractivity contribution in [1.82, 2.24) is 14.9 Å². The van der Waals surface area contributed by atoms with Crippen LogP contribution in [0.3, 0.4) is 0 Å². The van der Waals surface area contributed by atoms with Crippen molar-refractivity contribution in [3.63, 3.8) is 0 Å². The SMILES string of the molecule is COc1ccc2ccc(N3C(=O)c4ccccc4C3OCC(=O)N3CCC(O)CC3)nc2n1. The molecular weight excluding hydrogens is 424 g/mol. The van der Waals surface area contributed by atoms with E-state index in [1.165, 1.54) is 12.0 Å².